The lowest BCUT2D eigenvalue weighted by Gasteiger charge is -2.16. The van der Waals surface area contributed by atoms with Gasteiger partial charge in [-0.3, -0.25) is 14.5 Å². The fourth-order valence-corrected chi connectivity index (χ4v) is 3.35. The number of rotatable bonds is 10. The number of imide groups is 1. The van der Waals surface area contributed by atoms with Crippen LogP contribution < -0.4 is 19.5 Å². The minimum absolute atomic E-state index is 0.00187. The third-order valence-electron chi connectivity index (χ3n) is 4.97. The zero-order valence-corrected chi connectivity index (χ0v) is 18.9. The first kappa shape index (κ1) is 23.1. The van der Waals surface area contributed by atoms with Crippen LogP contribution in [0.1, 0.15) is 19.4 Å². The van der Waals surface area contributed by atoms with Gasteiger partial charge in [-0.05, 0) is 55.8 Å². The van der Waals surface area contributed by atoms with E-state index in [4.69, 9.17) is 18.9 Å². The summed E-state index contributed by atoms with van der Waals surface area (Å²) in [5, 5.41) is 3.12. The molecule has 0 saturated carbocycles. The molecule has 8 nitrogen and oxygen atoms in total. The van der Waals surface area contributed by atoms with Crippen LogP contribution in [0, 0.1) is 0 Å². The summed E-state index contributed by atoms with van der Waals surface area (Å²) in [6.45, 7) is 4.21. The van der Waals surface area contributed by atoms with Gasteiger partial charge in [0.1, 0.15) is 11.4 Å². The molecule has 2 aromatic rings. The number of amides is 2. The average Bonchev–Trinajstić information content (AvgIpc) is 3.03. The molecule has 3 rings (SSSR count). The first-order valence-corrected chi connectivity index (χ1v) is 10.2. The van der Waals surface area contributed by atoms with Crippen molar-refractivity contribution in [1.29, 1.82) is 0 Å². The van der Waals surface area contributed by atoms with Crippen molar-refractivity contribution >= 4 is 23.1 Å². The summed E-state index contributed by atoms with van der Waals surface area (Å²) >= 11 is 0. The van der Waals surface area contributed by atoms with Crippen molar-refractivity contribution in [1.82, 2.24) is 4.90 Å². The highest BCUT2D eigenvalue weighted by Crippen LogP contribution is 2.35. The maximum atomic E-state index is 13.3. The summed E-state index contributed by atoms with van der Waals surface area (Å²) in [6, 6.07) is 12.2. The largest absolute Gasteiger partial charge is 0.497 e. The molecule has 0 spiro atoms. The van der Waals surface area contributed by atoms with E-state index in [-0.39, 0.29) is 30.5 Å². The molecule has 170 valence electrons. The quantitative estimate of drug-likeness (QED) is 0.567. The third kappa shape index (κ3) is 4.86. The molecule has 2 aromatic carbocycles. The summed E-state index contributed by atoms with van der Waals surface area (Å²) in [5.41, 5.74) is 1.65. The lowest BCUT2D eigenvalue weighted by Crippen LogP contribution is -2.35. The Bertz CT molecular complexity index is 1010. The van der Waals surface area contributed by atoms with Crippen molar-refractivity contribution in [2.45, 2.75) is 20.0 Å². The molecular weight excluding hydrogens is 412 g/mol. The molecule has 1 N–H and O–H groups in total. The number of ether oxygens (including phenoxy) is 4. The number of hydrogen-bond donors (Lipinski definition) is 1. The fourth-order valence-electron chi connectivity index (χ4n) is 3.35. The molecule has 0 aromatic heterocycles. The Morgan fingerprint density at radius 3 is 2.16 bits per heavy atom. The van der Waals surface area contributed by atoms with E-state index < -0.39 is 11.8 Å². The van der Waals surface area contributed by atoms with Gasteiger partial charge in [0, 0.05) is 5.69 Å². The number of benzene rings is 2. The number of nitrogens with one attached hydrogen (secondary N) is 1. The SMILES string of the molecule is COc1ccc(NC2=C(c3ccc(OC)c(OC)c3)C(=O)N(CCOC(C)C)C2=O)cc1. The number of carbonyl (C=O) groups excluding carboxylic acids is 2. The van der Waals surface area contributed by atoms with Gasteiger partial charge in [-0.2, -0.15) is 0 Å². The maximum absolute atomic E-state index is 13.3. The van der Waals surface area contributed by atoms with Crippen LogP contribution >= 0.6 is 0 Å². The second-order valence-corrected chi connectivity index (χ2v) is 7.35. The minimum atomic E-state index is -0.414. The Labute approximate surface area is 187 Å². The molecular formula is C24H28N2O6. The molecule has 1 aliphatic heterocycles. The molecule has 32 heavy (non-hydrogen) atoms. The highest BCUT2D eigenvalue weighted by atomic mass is 16.5. The fraction of sp³-hybridized carbons (Fsp3) is 0.333. The lowest BCUT2D eigenvalue weighted by atomic mass is 10.0. The molecule has 0 aliphatic carbocycles. The third-order valence-corrected chi connectivity index (χ3v) is 4.97. The van der Waals surface area contributed by atoms with Crippen molar-refractivity contribution < 1.29 is 28.5 Å². The van der Waals surface area contributed by atoms with Crippen LogP contribution in [0.4, 0.5) is 5.69 Å². The second-order valence-electron chi connectivity index (χ2n) is 7.35. The van der Waals surface area contributed by atoms with Gasteiger partial charge in [-0.1, -0.05) is 6.07 Å². The van der Waals surface area contributed by atoms with Crippen molar-refractivity contribution in [3.05, 3.63) is 53.7 Å². The van der Waals surface area contributed by atoms with Gasteiger partial charge in [0.2, 0.25) is 0 Å². The molecule has 8 heteroatoms. The second kappa shape index (κ2) is 10.2. The zero-order valence-electron chi connectivity index (χ0n) is 18.9. The van der Waals surface area contributed by atoms with Crippen molar-refractivity contribution in [2.24, 2.45) is 0 Å². The Morgan fingerprint density at radius 2 is 1.56 bits per heavy atom. The predicted molar refractivity (Wildman–Crippen MR) is 121 cm³/mol. The Morgan fingerprint density at radius 1 is 0.875 bits per heavy atom. The van der Waals surface area contributed by atoms with E-state index in [9.17, 15) is 9.59 Å². The predicted octanol–water partition coefficient (Wildman–Crippen LogP) is 3.33. The topological polar surface area (TPSA) is 86.3 Å². The van der Waals surface area contributed by atoms with Gasteiger partial charge in [0.25, 0.3) is 11.8 Å². The molecule has 1 aliphatic rings. The van der Waals surface area contributed by atoms with Crippen LogP contribution in [0.15, 0.2) is 48.2 Å². The number of nitrogens with zero attached hydrogens (tertiary/aromatic N) is 1. The molecule has 2 amide bonds. The summed E-state index contributed by atoms with van der Waals surface area (Å²) < 4.78 is 21.4. The minimum Gasteiger partial charge on any atom is -0.497 e. The molecule has 0 unspecified atom stereocenters. The zero-order chi connectivity index (χ0) is 23.3. The van der Waals surface area contributed by atoms with Gasteiger partial charge in [-0.25, -0.2) is 0 Å². The number of carbonyl (C=O) groups is 2. The molecule has 0 bridgehead atoms. The summed E-state index contributed by atoms with van der Waals surface area (Å²) in [6.07, 6.45) is -0.00187. The van der Waals surface area contributed by atoms with Gasteiger partial charge < -0.3 is 24.3 Å². The van der Waals surface area contributed by atoms with Crippen LogP contribution in [0.3, 0.4) is 0 Å². The number of hydrogen-bond acceptors (Lipinski definition) is 7. The molecule has 1 heterocycles. The van der Waals surface area contributed by atoms with E-state index in [2.05, 4.69) is 5.32 Å². The molecule has 0 atom stereocenters. The van der Waals surface area contributed by atoms with E-state index >= 15 is 0 Å². The standard InChI is InChI=1S/C24H28N2O6/c1-15(2)32-13-12-26-23(27)21(16-6-11-19(30-4)20(14-16)31-5)22(24(26)28)25-17-7-9-18(29-3)10-8-17/h6-11,14-15,25H,12-13H2,1-5H3. The van der Waals surface area contributed by atoms with Gasteiger partial charge in [0.15, 0.2) is 11.5 Å². The highest BCUT2D eigenvalue weighted by molar-refractivity contribution is 6.36. The van der Waals surface area contributed by atoms with Crippen LogP contribution in [0.2, 0.25) is 0 Å². The number of anilines is 1. The maximum Gasteiger partial charge on any atom is 0.278 e. The Hall–Kier alpha value is -3.52. The van der Waals surface area contributed by atoms with E-state index in [1.165, 1.54) is 19.1 Å². The molecule has 0 saturated heterocycles. The van der Waals surface area contributed by atoms with E-state index in [1.54, 1.807) is 49.6 Å². The van der Waals surface area contributed by atoms with E-state index in [0.29, 0.717) is 28.5 Å². The normalized spacial score (nSPS) is 13.8. The Balaban J connectivity index is 2.00. The summed E-state index contributed by atoms with van der Waals surface area (Å²) in [5.74, 6) is 0.864. The van der Waals surface area contributed by atoms with Gasteiger partial charge in [0.05, 0.1) is 46.2 Å². The smallest absolute Gasteiger partial charge is 0.278 e. The van der Waals surface area contributed by atoms with Crippen LogP contribution in [-0.4, -0.2) is 57.3 Å². The Kier molecular flexibility index (Phi) is 7.37. The monoisotopic (exact) mass is 440 g/mol. The highest BCUT2D eigenvalue weighted by Gasteiger charge is 2.39. The van der Waals surface area contributed by atoms with Gasteiger partial charge >= 0.3 is 0 Å². The van der Waals surface area contributed by atoms with Crippen LogP contribution in [0.5, 0.6) is 17.2 Å². The number of methoxy groups -OCH3 is 3. The van der Waals surface area contributed by atoms with Crippen molar-refractivity contribution in [2.75, 3.05) is 39.8 Å². The van der Waals surface area contributed by atoms with Crippen LogP contribution in [-0.2, 0) is 14.3 Å². The van der Waals surface area contributed by atoms with Crippen molar-refractivity contribution in [3.63, 3.8) is 0 Å². The van der Waals surface area contributed by atoms with Crippen LogP contribution in [0.25, 0.3) is 5.57 Å². The lowest BCUT2D eigenvalue weighted by molar-refractivity contribution is -0.137. The summed E-state index contributed by atoms with van der Waals surface area (Å²) in [7, 11) is 4.63. The first-order valence-electron chi connectivity index (χ1n) is 10.2. The van der Waals surface area contributed by atoms with E-state index in [1.807, 2.05) is 13.8 Å². The molecule has 0 fully saturated rings. The first-order chi connectivity index (χ1) is 15.4. The average molecular weight is 440 g/mol. The van der Waals surface area contributed by atoms with E-state index in [0.717, 1.165) is 0 Å². The van der Waals surface area contributed by atoms with Crippen molar-refractivity contribution in [3.8, 4) is 17.2 Å². The van der Waals surface area contributed by atoms with Gasteiger partial charge in [-0.15, -0.1) is 0 Å². The molecule has 0 radical (unpaired) electrons. The summed E-state index contributed by atoms with van der Waals surface area (Å²) in [4.78, 5) is 27.7.